The maximum Gasteiger partial charge on any atom is 0.311 e. The van der Waals surface area contributed by atoms with Gasteiger partial charge in [-0.05, 0) is 36.4 Å². The van der Waals surface area contributed by atoms with Crippen LogP contribution in [0.25, 0.3) is 0 Å². The number of amides is 3. The molecule has 0 saturated carbocycles. The van der Waals surface area contributed by atoms with Gasteiger partial charge in [0.1, 0.15) is 5.82 Å². The lowest BCUT2D eigenvalue weighted by Gasteiger charge is -2.17. The summed E-state index contributed by atoms with van der Waals surface area (Å²) in [5.41, 5.74) is 3.20. The quantitative estimate of drug-likeness (QED) is 0.717. The summed E-state index contributed by atoms with van der Waals surface area (Å²) in [6.45, 7) is -0.590. The average molecular weight is 399 g/mol. The number of carbonyl (C=O) groups excluding carboxylic acids is 4. The van der Waals surface area contributed by atoms with Crippen molar-refractivity contribution in [1.82, 2.24) is 10.4 Å². The Morgan fingerprint density at radius 2 is 1.76 bits per heavy atom. The lowest BCUT2D eigenvalue weighted by Crippen LogP contribution is -2.43. The van der Waals surface area contributed by atoms with Crippen LogP contribution in [0.2, 0.25) is 0 Å². The zero-order valence-electron chi connectivity index (χ0n) is 15.3. The summed E-state index contributed by atoms with van der Waals surface area (Å²) < 4.78 is 17.8. The van der Waals surface area contributed by atoms with Crippen molar-refractivity contribution in [3.8, 4) is 0 Å². The summed E-state index contributed by atoms with van der Waals surface area (Å²) >= 11 is 0. The third-order valence-electron chi connectivity index (χ3n) is 4.20. The first-order valence-electron chi connectivity index (χ1n) is 8.81. The second-order valence-electron chi connectivity index (χ2n) is 6.38. The number of nitrogens with zero attached hydrogens (tertiary/aromatic N) is 1. The molecule has 1 aliphatic rings. The van der Waals surface area contributed by atoms with E-state index in [1.54, 1.807) is 30.3 Å². The Morgan fingerprint density at radius 3 is 2.45 bits per heavy atom. The number of hydrogen-bond donors (Lipinski definition) is 2. The molecule has 3 amide bonds. The van der Waals surface area contributed by atoms with Crippen molar-refractivity contribution < 1.29 is 28.3 Å². The van der Waals surface area contributed by atoms with Crippen molar-refractivity contribution >= 4 is 29.4 Å². The molecule has 9 heteroatoms. The Hall–Kier alpha value is -3.75. The van der Waals surface area contributed by atoms with Gasteiger partial charge in [-0.1, -0.05) is 18.2 Å². The predicted octanol–water partition coefficient (Wildman–Crippen LogP) is 1.50. The minimum atomic E-state index is -0.794. The predicted molar refractivity (Wildman–Crippen MR) is 99.7 cm³/mol. The number of nitrogens with one attached hydrogen (secondary N) is 2. The van der Waals surface area contributed by atoms with Gasteiger partial charge in [0.05, 0.1) is 12.5 Å². The summed E-state index contributed by atoms with van der Waals surface area (Å²) in [4.78, 5) is 48.2. The molecule has 8 nitrogen and oxygen atoms in total. The second-order valence-corrected chi connectivity index (χ2v) is 6.38. The van der Waals surface area contributed by atoms with E-state index < -0.39 is 42.0 Å². The molecule has 2 aromatic rings. The van der Waals surface area contributed by atoms with Crippen LogP contribution in [0.4, 0.5) is 10.1 Å². The fraction of sp³-hybridized carbons (Fsp3) is 0.200. The number of halogens is 1. The molecule has 150 valence electrons. The largest absolute Gasteiger partial charge is 0.455 e. The van der Waals surface area contributed by atoms with Crippen LogP contribution in [0, 0.1) is 11.7 Å². The van der Waals surface area contributed by atoms with Crippen LogP contribution in [0.5, 0.6) is 0 Å². The van der Waals surface area contributed by atoms with Gasteiger partial charge in [-0.2, -0.15) is 0 Å². The lowest BCUT2D eigenvalue weighted by atomic mass is 10.1. The molecule has 1 heterocycles. The second kappa shape index (κ2) is 8.96. The zero-order chi connectivity index (χ0) is 20.8. The topological polar surface area (TPSA) is 105 Å². The Bertz CT molecular complexity index is 917. The number of esters is 1. The molecule has 1 aliphatic heterocycles. The monoisotopic (exact) mass is 399 g/mol. The zero-order valence-corrected chi connectivity index (χ0v) is 15.3. The maximum atomic E-state index is 12.8. The number of anilines is 1. The smallest absolute Gasteiger partial charge is 0.311 e. The van der Waals surface area contributed by atoms with Crippen molar-refractivity contribution in [3.05, 3.63) is 66.0 Å². The van der Waals surface area contributed by atoms with Crippen molar-refractivity contribution in [1.29, 1.82) is 0 Å². The third-order valence-corrected chi connectivity index (χ3v) is 4.20. The first kappa shape index (κ1) is 20.0. The number of carbonyl (C=O) groups is 4. The summed E-state index contributed by atoms with van der Waals surface area (Å²) in [7, 11) is 0. The molecule has 0 bridgehead atoms. The van der Waals surface area contributed by atoms with Crippen LogP contribution in [-0.4, -0.2) is 41.9 Å². The highest BCUT2D eigenvalue weighted by Gasteiger charge is 2.36. The number of rotatable bonds is 6. The Balaban J connectivity index is 1.46. The van der Waals surface area contributed by atoms with Crippen molar-refractivity contribution in [2.45, 2.75) is 6.42 Å². The average Bonchev–Trinajstić information content (AvgIpc) is 3.09. The summed E-state index contributed by atoms with van der Waals surface area (Å²) in [6, 6.07) is 13.5. The SMILES string of the molecule is O=C(COC(=O)[C@@H]1CC(=O)N(NC(=O)c2ccccc2)C1)Nc1ccc(F)cc1. The highest BCUT2D eigenvalue weighted by Crippen LogP contribution is 2.18. The van der Waals surface area contributed by atoms with Crippen molar-refractivity contribution in [2.24, 2.45) is 5.92 Å². The van der Waals surface area contributed by atoms with Crippen LogP contribution < -0.4 is 10.7 Å². The van der Waals surface area contributed by atoms with E-state index >= 15 is 0 Å². The van der Waals surface area contributed by atoms with Gasteiger partial charge in [0.15, 0.2) is 6.61 Å². The fourth-order valence-corrected chi connectivity index (χ4v) is 2.74. The van der Waals surface area contributed by atoms with E-state index in [2.05, 4.69) is 10.7 Å². The van der Waals surface area contributed by atoms with E-state index in [0.29, 0.717) is 11.3 Å². The third kappa shape index (κ3) is 5.38. The minimum Gasteiger partial charge on any atom is -0.455 e. The molecule has 0 unspecified atom stereocenters. The number of hydrazine groups is 1. The van der Waals surface area contributed by atoms with Crippen LogP contribution in [0.3, 0.4) is 0 Å². The van der Waals surface area contributed by atoms with E-state index in [4.69, 9.17) is 4.74 Å². The first-order valence-corrected chi connectivity index (χ1v) is 8.81. The normalized spacial score (nSPS) is 15.7. The van der Waals surface area contributed by atoms with Crippen LogP contribution in [-0.2, 0) is 19.1 Å². The summed E-state index contributed by atoms with van der Waals surface area (Å²) in [5, 5.41) is 3.53. The molecule has 0 spiro atoms. The highest BCUT2D eigenvalue weighted by molar-refractivity contribution is 5.97. The molecule has 2 N–H and O–H groups in total. The van der Waals surface area contributed by atoms with E-state index in [-0.39, 0.29) is 13.0 Å². The molecular weight excluding hydrogens is 381 g/mol. The number of benzene rings is 2. The number of ether oxygens (including phenoxy) is 1. The highest BCUT2D eigenvalue weighted by atomic mass is 19.1. The van der Waals surface area contributed by atoms with Crippen LogP contribution in [0.1, 0.15) is 16.8 Å². The van der Waals surface area contributed by atoms with E-state index in [1.807, 2.05) is 0 Å². The van der Waals surface area contributed by atoms with E-state index in [9.17, 15) is 23.6 Å². The van der Waals surface area contributed by atoms with E-state index in [1.165, 1.54) is 24.3 Å². The summed E-state index contributed by atoms with van der Waals surface area (Å²) in [5.74, 6) is -3.44. The van der Waals surface area contributed by atoms with E-state index in [0.717, 1.165) is 5.01 Å². The van der Waals surface area contributed by atoms with Gasteiger partial charge >= 0.3 is 5.97 Å². The summed E-state index contributed by atoms with van der Waals surface area (Å²) in [6.07, 6.45) is -0.131. The standard InChI is InChI=1S/C20H18FN3O5/c21-15-6-8-16(9-7-15)22-17(25)12-29-20(28)14-10-18(26)24(11-14)23-19(27)13-4-2-1-3-5-13/h1-9,14H,10-12H2,(H,22,25)(H,23,27)/t14-/m1/s1. The Kier molecular flexibility index (Phi) is 6.18. The van der Waals surface area contributed by atoms with Crippen molar-refractivity contribution in [3.63, 3.8) is 0 Å². The maximum absolute atomic E-state index is 12.8. The van der Waals surface area contributed by atoms with Gasteiger partial charge < -0.3 is 10.1 Å². The molecule has 1 fully saturated rings. The molecule has 2 aromatic carbocycles. The Labute approximate surface area is 165 Å². The van der Waals surface area contributed by atoms with Gasteiger partial charge in [-0.3, -0.25) is 29.6 Å². The molecule has 1 atom stereocenters. The first-order chi connectivity index (χ1) is 13.9. The van der Waals surface area contributed by atoms with Gasteiger partial charge in [0.2, 0.25) is 5.91 Å². The van der Waals surface area contributed by atoms with Gasteiger partial charge in [-0.25, -0.2) is 4.39 Å². The molecule has 3 rings (SSSR count). The minimum absolute atomic E-state index is 0.0458. The molecule has 0 radical (unpaired) electrons. The van der Waals surface area contributed by atoms with Crippen LogP contribution >= 0.6 is 0 Å². The van der Waals surface area contributed by atoms with Crippen molar-refractivity contribution in [2.75, 3.05) is 18.5 Å². The number of hydrogen-bond acceptors (Lipinski definition) is 5. The van der Waals surface area contributed by atoms with Gasteiger partial charge in [0, 0.05) is 17.7 Å². The molecule has 0 aromatic heterocycles. The Morgan fingerprint density at radius 1 is 1.07 bits per heavy atom. The fourth-order valence-electron chi connectivity index (χ4n) is 2.74. The van der Waals surface area contributed by atoms with Crippen LogP contribution in [0.15, 0.2) is 54.6 Å². The molecule has 0 aliphatic carbocycles. The lowest BCUT2D eigenvalue weighted by molar-refractivity contribution is -0.151. The molecular formula is C20H18FN3O5. The molecule has 29 heavy (non-hydrogen) atoms. The van der Waals surface area contributed by atoms with Gasteiger partial charge in [0.25, 0.3) is 11.8 Å². The van der Waals surface area contributed by atoms with Gasteiger partial charge in [-0.15, -0.1) is 0 Å². The molecule has 1 saturated heterocycles.